The number of hydrogen-bond acceptors (Lipinski definition) is 4. The maximum atomic E-state index is 9.42. The van der Waals surface area contributed by atoms with Gasteiger partial charge in [0.1, 0.15) is 0 Å². The number of hydrogen-bond donors (Lipinski definition) is 2. The molecule has 1 aromatic carbocycles. The van der Waals surface area contributed by atoms with Crippen LogP contribution in [0.5, 0.6) is 0 Å². The number of benzene rings is 1. The van der Waals surface area contributed by atoms with Crippen LogP contribution in [0.4, 0.5) is 5.69 Å². The Bertz CT molecular complexity index is 596. The van der Waals surface area contributed by atoms with Crippen LogP contribution in [0.2, 0.25) is 0 Å². The Morgan fingerprint density at radius 3 is 3.00 bits per heavy atom. The van der Waals surface area contributed by atoms with Gasteiger partial charge in [0, 0.05) is 34.2 Å². The Morgan fingerprint density at radius 2 is 2.21 bits per heavy atom. The fourth-order valence-electron chi connectivity index (χ4n) is 2.47. The molecule has 0 amide bonds. The van der Waals surface area contributed by atoms with Crippen molar-refractivity contribution in [2.45, 2.75) is 30.9 Å². The largest absolute Gasteiger partial charge is 0.394 e. The van der Waals surface area contributed by atoms with Crippen LogP contribution in [-0.2, 0) is 11.5 Å². The Balaban J connectivity index is 2.14. The molecule has 0 fully saturated rings. The zero-order valence-electron chi connectivity index (χ0n) is 11.0. The van der Waals surface area contributed by atoms with Crippen LogP contribution < -0.4 is 5.32 Å². The summed E-state index contributed by atoms with van der Waals surface area (Å²) in [6, 6.07) is 8.35. The van der Waals surface area contributed by atoms with Gasteiger partial charge in [-0.05, 0) is 12.5 Å². The van der Waals surface area contributed by atoms with Gasteiger partial charge in [0.15, 0.2) is 0 Å². The fourth-order valence-corrected chi connectivity index (χ4v) is 3.52. The van der Waals surface area contributed by atoms with E-state index in [9.17, 15) is 5.11 Å². The summed E-state index contributed by atoms with van der Waals surface area (Å²) >= 11 is 1.90. The molecule has 0 spiro atoms. The van der Waals surface area contributed by atoms with Gasteiger partial charge in [0.05, 0.1) is 17.8 Å². The first-order valence-electron chi connectivity index (χ1n) is 6.69. The fraction of sp³-hybridized carbons (Fsp3) is 0.400. The van der Waals surface area contributed by atoms with Crippen molar-refractivity contribution in [2.24, 2.45) is 0 Å². The first-order valence-corrected chi connectivity index (χ1v) is 7.84. The molecule has 2 N–H and O–H groups in total. The third-order valence-electron chi connectivity index (χ3n) is 3.63. The molecule has 19 heavy (non-hydrogen) atoms. The van der Waals surface area contributed by atoms with Crippen LogP contribution in [0.3, 0.4) is 0 Å². The lowest BCUT2D eigenvalue weighted by atomic mass is 10.1. The Labute approximate surface area is 117 Å². The van der Waals surface area contributed by atoms with E-state index in [-0.39, 0.29) is 12.6 Å². The smallest absolute Gasteiger partial charge is 0.0726 e. The predicted molar refractivity (Wildman–Crippen MR) is 81.5 cm³/mol. The number of aliphatic hydroxyl groups is 1. The van der Waals surface area contributed by atoms with Crippen LogP contribution in [0.25, 0.3) is 10.9 Å². The molecule has 1 aromatic heterocycles. The van der Waals surface area contributed by atoms with Crippen LogP contribution in [0.15, 0.2) is 24.3 Å². The average molecular weight is 274 g/mol. The molecule has 1 aliphatic heterocycles. The number of rotatable bonds is 4. The molecule has 2 heterocycles. The molecule has 0 radical (unpaired) electrons. The molecule has 3 nitrogen and oxygen atoms in total. The van der Waals surface area contributed by atoms with Crippen LogP contribution >= 0.6 is 11.8 Å². The standard InChI is InChI=1S/C15H18N2OS/c1-2-10(7-18)16-15-11-5-3-4-6-13(11)17-14-9-19-8-12(14)15/h3-6,10,18H,2,7-9H2,1H3,(H,16,17). The molecule has 0 bridgehead atoms. The number of pyridine rings is 1. The van der Waals surface area contributed by atoms with E-state index in [1.54, 1.807) is 0 Å². The summed E-state index contributed by atoms with van der Waals surface area (Å²) in [4.78, 5) is 4.75. The lowest BCUT2D eigenvalue weighted by molar-refractivity contribution is 0.272. The average Bonchev–Trinajstić information content (AvgIpc) is 2.91. The first kappa shape index (κ1) is 12.8. The highest BCUT2D eigenvalue weighted by molar-refractivity contribution is 7.98. The number of nitrogens with zero attached hydrogens (tertiary/aromatic N) is 1. The molecule has 1 aliphatic rings. The number of para-hydroxylation sites is 1. The summed E-state index contributed by atoms with van der Waals surface area (Å²) in [5, 5.41) is 14.1. The van der Waals surface area contributed by atoms with Gasteiger partial charge in [-0.2, -0.15) is 11.8 Å². The van der Waals surface area contributed by atoms with Gasteiger partial charge in [-0.1, -0.05) is 25.1 Å². The van der Waals surface area contributed by atoms with Crippen molar-refractivity contribution < 1.29 is 5.11 Å². The Kier molecular flexibility index (Phi) is 3.62. The van der Waals surface area contributed by atoms with Gasteiger partial charge in [0.25, 0.3) is 0 Å². The van der Waals surface area contributed by atoms with E-state index in [2.05, 4.69) is 24.4 Å². The number of anilines is 1. The molecule has 1 atom stereocenters. The molecule has 1 unspecified atom stereocenters. The van der Waals surface area contributed by atoms with Gasteiger partial charge >= 0.3 is 0 Å². The highest BCUT2D eigenvalue weighted by atomic mass is 32.2. The van der Waals surface area contributed by atoms with Crippen molar-refractivity contribution in [3.63, 3.8) is 0 Å². The molecule has 100 valence electrons. The van der Waals surface area contributed by atoms with E-state index in [1.807, 2.05) is 23.9 Å². The van der Waals surface area contributed by atoms with Gasteiger partial charge in [-0.15, -0.1) is 0 Å². The monoisotopic (exact) mass is 274 g/mol. The van der Waals surface area contributed by atoms with Crippen molar-refractivity contribution in [1.82, 2.24) is 4.98 Å². The zero-order valence-corrected chi connectivity index (χ0v) is 11.8. The molecule has 2 aromatic rings. The maximum absolute atomic E-state index is 9.42. The topological polar surface area (TPSA) is 45.1 Å². The summed E-state index contributed by atoms with van der Waals surface area (Å²) in [6.07, 6.45) is 0.912. The summed E-state index contributed by atoms with van der Waals surface area (Å²) in [6.45, 7) is 2.25. The molecular formula is C15H18N2OS. The molecule has 4 heteroatoms. The Hall–Kier alpha value is -1.26. The molecule has 0 saturated heterocycles. The minimum absolute atomic E-state index is 0.112. The van der Waals surface area contributed by atoms with Crippen molar-refractivity contribution in [1.29, 1.82) is 0 Å². The van der Waals surface area contributed by atoms with E-state index >= 15 is 0 Å². The molecular weight excluding hydrogens is 256 g/mol. The highest BCUT2D eigenvalue weighted by Crippen LogP contribution is 2.38. The quantitative estimate of drug-likeness (QED) is 0.899. The van der Waals surface area contributed by atoms with Gasteiger partial charge in [0.2, 0.25) is 0 Å². The summed E-state index contributed by atoms with van der Waals surface area (Å²) in [5.41, 5.74) is 4.72. The molecule has 0 saturated carbocycles. The predicted octanol–water partition coefficient (Wildman–Crippen LogP) is 3.16. The first-order chi connectivity index (χ1) is 9.33. The van der Waals surface area contributed by atoms with Crippen LogP contribution in [0, 0.1) is 0 Å². The number of thioether (sulfide) groups is 1. The SMILES string of the molecule is CCC(CO)Nc1c2c(nc3ccccc13)CSC2. The summed E-state index contributed by atoms with van der Waals surface area (Å²) in [5.74, 6) is 2.00. The second-order valence-corrected chi connectivity index (χ2v) is 5.84. The third kappa shape index (κ3) is 2.30. The second-order valence-electron chi connectivity index (χ2n) is 4.85. The maximum Gasteiger partial charge on any atom is 0.0726 e. The van der Waals surface area contributed by atoms with Gasteiger partial charge < -0.3 is 10.4 Å². The third-order valence-corrected chi connectivity index (χ3v) is 4.60. The zero-order chi connectivity index (χ0) is 13.2. The van der Waals surface area contributed by atoms with E-state index < -0.39 is 0 Å². The summed E-state index contributed by atoms with van der Waals surface area (Å²) < 4.78 is 0. The van der Waals surface area contributed by atoms with E-state index in [0.717, 1.165) is 28.8 Å². The second kappa shape index (κ2) is 5.39. The number of nitrogens with one attached hydrogen (secondary N) is 1. The number of aliphatic hydroxyl groups excluding tert-OH is 1. The molecule has 3 rings (SSSR count). The molecule has 0 aliphatic carbocycles. The minimum atomic E-state index is 0.112. The van der Waals surface area contributed by atoms with Crippen molar-refractivity contribution in [2.75, 3.05) is 11.9 Å². The van der Waals surface area contributed by atoms with Crippen molar-refractivity contribution in [3.05, 3.63) is 35.5 Å². The minimum Gasteiger partial charge on any atom is -0.394 e. The highest BCUT2D eigenvalue weighted by Gasteiger charge is 2.21. The normalized spacial score (nSPS) is 15.5. The van der Waals surface area contributed by atoms with E-state index in [1.165, 1.54) is 16.9 Å². The van der Waals surface area contributed by atoms with Crippen molar-refractivity contribution in [3.8, 4) is 0 Å². The number of aromatic nitrogens is 1. The van der Waals surface area contributed by atoms with E-state index in [0.29, 0.717) is 0 Å². The van der Waals surface area contributed by atoms with Gasteiger partial charge in [-0.25, -0.2) is 0 Å². The summed E-state index contributed by atoms with van der Waals surface area (Å²) in [7, 11) is 0. The van der Waals surface area contributed by atoms with E-state index in [4.69, 9.17) is 4.98 Å². The lowest BCUT2D eigenvalue weighted by Crippen LogP contribution is -2.23. The van der Waals surface area contributed by atoms with Crippen molar-refractivity contribution >= 4 is 28.4 Å². The van der Waals surface area contributed by atoms with Crippen LogP contribution in [0.1, 0.15) is 24.6 Å². The van der Waals surface area contributed by atoms with Crippen LogP contribution in [-0.4, -0.2) is 22.7 Å². The van der Waals surface area contributed by atoms with Gasteiger partial charge in [-0.3, -0.25) is 4.98 Å². The number of fused-ring (bicyclic) bond motifs is 2. The lowest BCUT2D eigenvalue weighted by Gasteiger charge is -2.20. The Morgan fingerprint density at radius 1 is 1.37 bits per heavy atom.